The normalized spacial score (nSPS) is 12.1. The molecule has 2 aromatic rings. The van der Waals surface area contributed by atoms with Crippen molar-refractivity contribution in [3.05, 3.63) is 58.1 Å². The van der Waals surface area contributed by atoms with Crippen molar-refractivity contribution >= 4 is 30.6 Å². The molecule has 0 spiro atoms. The van der Waals surface area contributed by atoms with E-state index in [0.29, 0.717) is 36.4 Å². The van der Waals surface area contributed by atoms with Crippen molar-refractivity contribution in [3.8, 4) is 5.75 Å². The smallest absolute Gasteiger partial charge is 0.126 e. The highest BCUT2D eigenvalue weighted by Gasteiger charge is 2.11. The minimum absolute atomic E-state index is 0.0414. The fourth-order valence-corrected chi connectivity index (χ4v) is 4.11. The zero-order valence-corrected chi connectivity index (χ0v) is 16.4. The minimum Gasteiger partial charge on any atom is -0.823 e. The molecule has 0 aliphatic heterocycles. The Morgan fingerprint density at radius 3 is 2.38 bits per heavy atom. The number of benzene rings is 2. The van der Waals surface area contributed by atoms with E-state index in [2.05, 4.69) is 45.9 Å². The maximum Gasteiger partial charge on any atom is 0.126 e. The van der Waals surface area contributed by atoms with Gasteiger partial charge in [-0.2, -0.15) is 0 Å². The summed E-state index contributed by atoms with van der Waals surface area (Å²) in [6, 6.07) is 11.7. The van der Waals surface area contributed by atoms with Crippen LogP contribution in [0.3, 0.4) is 0 Å². The number of hydrogen-bond donors (Lipinski definition) is 0. The average Bonchev–Trinajstić information content (AvgIpc) is 2.53. The van der Waals surface area contributed by atoms with E-state index < -0.39 is 0 Å². The Morgan fingerprint density at radius 2 is 1.79 bits per heavy atom. The van der Waals surface area contributed by atoms with Crippen LogP contribution in [0.25, 0.3) is 0 Å². The first-order valence-corrected chi connectivity index (χ1v) is 9.34. The van der Waals surface area contributed by atoms with Crippen molar-refractivity contribution in [3.63, 3.8) is 0 Å². The molecule has 0 fully saturated rings. The fraction of sp³-hybridized carbons (Fsp3) is 0.350. The predicted octanol–water partition coefficient (Wildman–Crippen LogP) is 4.71. The maximum atomic E-state index is 12.9. The van der Waals surface area contributed by atoms with Crippen molar-refractivity contribution in [2.45, 2.75) is 39.5 Å². The fourth-order valence-electron chi connectivity index (χ4n) is 2.55. The summed E-state index contributed by atoms with van der Waals surface area (Å²) in [7, 11) is 2.18. The highest BCUT2D eigenvalue weighted by atomic mass is 35.5. The van der Waals surface area contributed by atoms with Crippen LogP contribution in [0.1, 0.15) is 56.2 Å². The molecule has 0 aliphatic rings. The van der Waals surface area contributed by atoms with E-state index in [1.165, 1.54) is 11.1 Å². The summed E-state index contributed by atoms with van der Waals surface area (Å²) in [6.07, 6.45) is 0. The molecule has 2 aromatic carbocycles. The van der Waals surface area contributed by atoms with E-state index in [-0.39, 0.29) is 5.48 Å². The van der Waals surface area contributed by atoms with Crippen LogP contribution >= 0.6 is 19.8 Å². The number of rotatable bonds is 5. The number of methoxy groups -OCH3 is 1. The Morgan fingerprint density at radius 1 is 1.08 bits per heavy atom. The second kappa shape index (κ2) is 8.16. The van der Waals surface area contributed by atoms with Gasteiger partial charge in [0, 0.05) is 10.9 Å². The first kappa shape index (κ1) is 19.0. The molecular weight excluding hydrogens is 339 g/mol. The molecule has 0 atom stereocenters. The Bertz CT molecular complexity index is 751. The summed E-state index contributed by atoms with van der Waals surface area (Å²) < 4.78 is 5.31. The lowest BCUT2D eigenvalue weighted by Crippen LogP contribution is -2.20. The Balaban J connectivity index is 2.60. The van der Waals surface area contributed by atoms with Gasteiger partial charge >= 0.3 is 0 Å². The topological polar surface area (TPSA) is 32.3 Å². The van der Waals surface area contributed by atoms with Gasteiger partial charge in [-0.05, 0) is 41.2 Å². The standard InChI is InChI=1S/C20H24ClO2P/c1-12(2)14-9-10-15(13(3)4)18(11-14)24-20(22)19-16(21)7-6-8-17(19)23-5/h6-13,22H,1-5H3/p-1. The quantitative estimate of drug-likeness (QED) is 0.723. The van der Waals surface area contributed by atoms with Crippen molar-refractivity contribution < 1.29 is 9.84 Å². The van der Waals surface area contributed by atoms with Gasteiger partial charge in [-0.15, -0.1) is 0 Å². The van der Waals surface area contributed by atoms with Gasteiger partial charge < -0.3 is 9.84 Å². The van der Waals surface area contributed by atoms with Crippen molar-refractivity contribution in [1.29, 1.82) is 0 Å². The molecule has 0 aromatic heterocycles. The van der Waals surface area contributed by atoms with E-state index in [1.807, 2.05) is 0 Å². The monoisotopic (exact) mass is 361 g/mol. The van der Waals surface area contributed by atoms with Gasteiger partial charge in [0.2, 0.25) is 0 Å². The largest absolute Gasteiger partial charge is 0.823 e. The van der Waals surface area contributed by atoms with E-state index in [0.717, 1.165) is 5.30 Å². The minimum atomic E-state index is -0.0414. The lowest BCUT2D eigenvalue weighted by molar-refractivity contribution is -0.207. The van der Waals surface area contributed by atoms with Gasteiger partial charge in [-0.25, -0.2) is 0 Å². The Hall–Kier alpha value is -1.34. The van der Waals surface area contributed by atoms with Crippen LogP contribution in [0.15, 0.2) is 36.4 Å². The van der Waals surface area contributed by atoms with Gasteiger partial charge in [0.15, 0.2) is 0 Å². The highest BCUT2D eigenvalue weighted by molar-refractivity contribution is 7.49. The predicted molar refractivity (Wildman–Crippen MR) is 103 cm³/mol. The third kappa shape index (κ3) is 4.19. The molecule has 0 N–H and O–H groups in total. The summed E-state index contributed by atoms with van der Waals surface area (Å²) in [6.45, 7) is 8.60. The molecule has 2 nitrogen and oxygen atoms in total. The lowest BCUT2D eigenvalue weighted by Gasteiger charge is -2.19. The second-order valence-electron chi connectivity index (χ2n) is 6.36. The molecule has 0 unspecified atom stereocenters. The van der Waals surface area contributed by atoms with Gasteiger partial charge in [0.25, 0.3) is 0 Å². The summed E-state index contributed by atoms with van der Waals surface area (Å²) in [5.41, 5.74) is 2.84. The molecule has 24 heavy (non-hydrogen) atoms. The zero-order valence-electron chi connectivity index (χ0n) is 14.8. The summed E-state index contributed by atoms with van der Waals surface area (Å²) in [4.78, 5) is 0. The molecule has 0 saturated carbocycles. The molecule has 2 rings (SSSR count). The first-order chi connectivity index (χ1) is 11.3. The molecule has 128 valence electrons. The molecule has 0 aliphatic carbocycles. The average molecular weight is 362 g/mol. The molecule has 0 amide bonds. The third-order valence-corrected chi connectivity index (χ3v) is 5.34. The first-order valence-electron chi connectivity index (χ1n) is 8.07. The van der Waals surface area contributed by atoms with Crippen LogP contribution in [0.4, 0.5) is 0 Å². The maximum absolute atomic E-state index is 12.9. The van der Waals surface area contributed by atoms with E-state index in [4.69, 9.17) is 16.3 Å². The molecule has 0 saturated heterocycles. The highest BCUT2D eigenvalue weighted by Crippen LogP contribution is 2.29. The number of hydrogen-bond acceptors (Lipinski definition) is 2. The van der Waals surface area contributed by atoms with Crippen molar-refractivity contribution in [1.82, 2.24) is 0 Å². The zero-order chi connectivity index (χ0) is 17.9. The number of halogens is 1. The van der Waals surface area contributed by atoms with Gasteiger partial charge in [-0.3, -0.25) is 0 Å². The number of ether oxygens (including phenoxy) is 1. The summed E-state index contributed by atoms with van der Waals surface area (Å²) in [5, 5.41) is 14.4. The van der Waals surface area contributed by atoms with Crippen molar-refractivity contribution in [2.24, 2.45) is 0 Å². The molecular formula is C20H23ClO2P-. The third-order valence-electron chi connectivity index (χ3n) is 3.97. The molecule has 0 bridgehead atoms. The summed E-state index contributed by atoms with van der Waals surface area (Å²) >= 11 is 6.25. The Labute approximate surface area is 151 Å². The van der Waals surface area contributed by atoms with Crippen LogP contribution < -0.4 is 15.1 Å². The Kier molecular flexibility index (Phi) is 6.46. The van der Waals surface area contributed by atoms with Crippen LogP contribution in [-0.2, 0) is 0 Å². The molecule has 0 heterocycles. The lowest BCUT2D eigenvalue weighted by atomic mass is 9.97. The van der Waals surface area contributed by atoms with Crippen LogP contribution in [-0.4, -0.2) is 12.6 Å². The van der Waals surface area contributed by atoms with Crippen molar-refractivity contribution in [2.75, 3.05) is 7.11 Å². The van der Waals surface area contributed by atoms with Crippen LogP contribution in [0, 0.1) is 0 Å². The summed E-state index contributed by atoms with van der Waals surface area (Å²) in [5.74, 6) is 1.30. The van der Waals surface area contributed by atoms with E-state index in [9.17, 15) is 5.11 Å². The van der Waals surface area contributed by atoms with Gasteiger partial charge in [0.05, 0.1) is 12.1 Å². The SMILES string of the molecule is COc1cccc(Cl)c1C([O-])=Pc1cc(C(C)C)ccc1C(C)C. The second-order valence-corrected chi connectivity index (χ2v) is 7.88. The van der Waals surface area contributed by atoms with Crippen LogP contribution in [0.5, 0.6) is 5.75 Å². The molecule has 0 radical (unpaired) electrons. The van der Waals surface area contributed by atoms with Gasteiger partial charge in [-0.1, -0.05) is 71.2 Å². The van der Waals surface area contributed by atoms with Gasteiger partial charge in [0.1, 0.15) is 5.75 Å². The van der Waals surface area contributed by atoms with E-state index >= 15 is 0 Å². The molecule has 4 heteroatoms. The van der Waals surface area contributed by atoms with Crippen LogP contribution in [0.2, 0.25) is 5.02 Å². The van der Waals surface area contributed by atoms with E-state index in [1.54, 1.807) is 25.3 Å².